The number of hydrogen-bond donors (Lipinski definition) is 1. The van der Waals surface area contributed by atoms with E-state index in [4.69, 9.17) is 0 Å². The maximum atomic E-state index is 9.18. The molecular weight excluding hydrogens is 300 g/mol. The summed E-state index contributed by atoms with van der Waals surface area (Å²) in [6.07, 6.45) is 5.04. The number of nitriles is 1. The van der Waals surface area contributed by atoms with Crippen LogP contribution >= 0.6 is 15.9 Å². The van der Waals surface area contributed by atoms with Gasteiger partial charge in [0.15, 0.2) is 0 Å². The molecule has 0 aliphatic rings. The van der Waals surface area contributed by atoms with Crippen molar-refractivity contribution in [1.29, 1.82) is 5.26 Å². The molecule has 0 aliphatic heterocycles. The van der Waals surface area contributed by atoms with Crippen LogP contribution in [-0.2, 0) is 0 Å². The van der Waals surface area contributed by atoms with Gasteiger partial charge in [0, 0.05) is 11.0 Å². The standard InChI is InChI=1S/C16H23BrN2/c1-4-5-6-10-16(2,3)12-19-15-9-7-8-14(17)13(15)11-18/h7-9,19H,4-6,10,12H2,1-3H3. The number of nitrogens with zero attached hydrogens (tertiary/aromatic N) is 1. The monoisotopic (exact) mass is 322 g/mol. The molecule has 1 rings (SSSR count). The van der Waals surface area contributed by atoms with Crippen LogP contribution in [0.5, 0.6) is 0 Å². The van der Waals surface area contributed by atoms with Gasteiger partial charge in [-0.25, -0.2) is 0 Å². The van der Waals surface area contributed by atoms with Crippen LogP contribution in [0.15, 0.2) is 22.7 Å². The lowest BCUT2D eigenvalue weighted by molar-refractivity contribution is 0.342. The highest BCUT2D eigenvalue weighted by atomic mass is 79.9. The number of anilines is 1. The first-order chi connectivity index (χ1) is 9.00. The molecule has 0 bridgehead atoms. The third-order valence-corrected chi connectivity index (χ3v) is 4.00. The lowest BCUT2D eigenvalue weighted by atomic mass is 9.86. The average Bonchev–Trinajstić information content (AvgIpc) is 2.37. The van der Waals surface area contributed by atoms with Crippen LogP contribution in [0.2, 0.25) is 0 Å². The highest BCUT2D eigenvalue weighted by molar-refractivity contribution is 9.10. The van der Waals surface area contributed by atoms with Gasteiger partial charge in [0.25, 0.3) is 0 Å². The van der Waals surface area contributed by atoms with Crippen LogP contribution in [0.25, 0.3) is 0 Å². The van der Waals surface area contributed by atoms with Crippen molar-refractivity contribution in [2.24, 2.45) is 5.41 Å². The summed E-state index contributed by atoms with van der Waals surface area (Å²) < 4.78 is 0.851. The zero-order chi connectivity index (χ0) is 14.3. The van der Waals surface area contributed by atoms with Gasteiger partial charge in [-0.15, -0.1) is 0 Å². The van der Waals surface area contributed by atoms with Crippen molar-refractivity contribution >= 4 is 21.6 Å². The average molecular weight is 323 g/mol. The van der Waals surface area contributed by atoms with Crippen molar-refractivity contribution in [3.05, 3.63) is 28.2 Å². The van der Waals surface area contributed by atoms with Gasteiger partial charge in [-0.1, -0.05) is 46.1 Å². The molecule has 0 saturated carbocycles. The lowest BCUT2D eigenvalue weighted by Crippen LogP contribution is -2.23. The minimum absolute atomic E-state index is 0.254. The van der Waals surface area contributed by atoms with Crippen LogP contribution in [0.3, 0.4) is 0 Å². The Morgan fingerprint density at radius 3 is 2.68 bits per heavy atom. The summed E-state index contributed by atoms with van der Waals surface area (Å²) in [5.74, 6) is 0. The molecule has 0 amide bonds. The highest BCUT2D eigenvalue weighted by Crippen LogP contribution is 2.27. The van der Waals surface area contributed by atoms with Crippen LogP contribution in [0.1, 0.15) is 52.0 Å². The number of rotatable bonds is 7. The first-order valence-electron chi connectivity index (χ1n) is 6.92. The van der Waals surface area contributed by atoms with Gasteiger partial charge in [0.2, 0.25) is 0 Å². The lowest BCUT2D eigenvalue weighted by Gasteiger charge is -2.26. The second kappa shape index (κ2) is 7.55. The number of unbranched alkanes of at least 4 members (excludes halogenated alkanes) is 2. The van der Waals surface area contributed by atoms with E-state index in [1.54, 1.807) is 0 Å². The second-order valence-corrected chi connectivity index (χ2v) is 6.60. The highest BCUT2D eigenvalue weighted by Gasteiger charge is 2.17. The molecule has 19 heavy (non-hydrogen) atoms. The molecule has 0 radical (unpaired) electrons. The molecule has 1 aromatic rings. The van der Waals surface area contributed by atoms with Crippen molar-refractivity contribution in [3.8, 4) is 6.07 Å². The molecule has 104 valence electrons. The third kappa shape index (κ3) is 5.24. The van der Waals surface area contributed by atoms with Crippen molar-refractivity contribution in [2.75, 3.05) is 11.9 Å². The third-order valence-electron chi connectivity index (χ3n) is 3.34. The summed E-state index contributed by atoms with van der Waals surface area (Å²) in [5.41, 5.74) is 1.86. The summed E-state index contributed by atoms with van der Waals surface area (Å²) in [4.78, 5) is 0. The van der Waals surface area contributed by atoms with Gasteiger partial charge in [-0.3, -0.25) is 0 Å². The maximum absolute atomic E-state index is 9.18. The molecule has 0 aromatic heterocycles. The molecule has 0 heterocycles. The summed E-state index contributed by atoms with van der Waals surface area (Å²) in [6, 6.07) is 8.06. The largest absolute Gasteiger partial charge is 0.383 e. The number of hydrogen-bond acceptors (Lipinski definition) is 2. The Kier molecular flexibility index (Phi) is 6.37. The smallest absolute Gasteiger partial charge is 0.103 e. The minimum atomic E-state index is 0.254. The van der Waals surface area contributed by atoms with E-state index >= 15 is 0 Å². The van der Waals surface area contributed by atoms with Gasteiger partial charge in [0.05, 0.1) is 11.3 Å². The van der Waals surface area contributed by atoms with Crippen molar-refractivity contribution in [3.63, 3.8) is 0 Å². The summed E-state index contributed by atoms with van der Waals surface area (Å²) in [7, 11) is 0. The predicted molar refractivity (Wildman–Crippen MR) is 85.3 cm³/mol. The fourth-order valence-corrected chi connectivity index (χ4v) is 2.52. The Hall–Kier alpha value is -1.01. The maximum Gasteiger partial charge on any atom is 0.103 e. The van der Waals surface area contributed by atoms with Crippen LogP contribution in [0, 0.1) is 16.7 Å². The van der Waals surface area contributed by atoms with Crippen molar-refractivity contribution in [1.82, 2.24) is 0 Å². The summed E-state index contributed by atoms with van der Waals surface area (Å²) >= 11 is 3.42. The molecule has 0 saturated heterocycles. The fourth-order valence-electron chi connectivity index (χ4n) is 2.06. The topological polar surface area (TPSA) is 35.8 Å². The Balaban J connectivity index is 2.61. The van der Waals surface area contributed by atoms with Crippen molar-refractivity contribution < 1.29 is 0 Å². The molecule has 1 aromatic carbocycles. The molecule has 0 spiro atoms. The van der Waals surface area contributed by atoms with Gasteiger partial charge >= 0.3 is 0 Å². The second-order valence-electron chi connectivity index (χ2n) is 5.75. The van der Waals surface area contributed by atoms with E-state index in [-0.39, 0.29) is 5.41 Å². The predicted octanol–water partition coefficient (Wildman–Crippen LogP) is 5.34. The van der Waals surface area contributed by atoms with E-state index in [0.29, 0.717) is 5.56 Å². The van der Waals surface area contributed by atoms with E-state index in [1.165, 1.54) is 25.7 Å². The summed E-state index contributed by atoms with van der Waals surface area (Å²) in [5, 5.41) is 12.6. The van der Waals surface area contributed by atoms with Gasteiger partial charge in [0.1, 0.15) is 6.07 Å². The Morgan fingerprint density at radius 2 is 2.05 bits per heavy atom. The van der Waals surface area contributed by atoms with Gasteiger partial charge in [-0.2, -0.15) is 5.26 Å². The molecular formula is C16H23BrN2. The molecule has 2 nitrogen and oxygen atoms in total. The zero-order valence-electron chi connectivity index (χ0n) is 12.1. The Morgan fingerprint density at radius 1 is 1.32 bits per heavy atom. The molecule has 3 heteroatoms. The first-order valence-corrected chi connectivity index (χ1v) is 7.72. The normalized spacial score (nSPS) is 11.1. The van der Waals surface area contributed by atoms with Crippen LogP contribution < -0.4 is 5.32 Å². The van der Waals surface area contributed by atoms with E-state index < -0.39 is 0 Å². The molecule has 0 unspecified atom stereocenters. The summed E-state index contributed by atoms with van der Waals surface area (Å²) in [6.45, 7) is 7.67. The molecule has 1 N–H and O–H groups in total. The van der Waals surface area contributed by atoms with Crippen molar-refractivity contribution in [2.45, 2.75) is 46.5 Å². The molecule has 0 atom stereocenters. The molecule has 0 aliphatic carbocycles. The van der Waals surface area contributed by atoms with Crippen LogP contribution in [-0.4, -0.2) is 6.54 Å². The Bertz CT molecular complexity index is 447. The SMILES string of the molecule is CCCCCC(C)(C)CNc1cccc(Br)c1C#N. The first kappa shape index (κ1) is 16.0. The van der Waals surface area contributed by atoms with Gasteiger partial charge in [-0.05, 0) is 39.9 Å². The molecule has 0 fully saturated rings. The quantitative estimate of drug-likeness (QED) is 0.688. The van der Waals surface area contributed by atoms with Crippen LogP contribution in [0.4, 0.5) is 5.69 Å². The minimum Gasteiger partial charge on any atom is -0.383 e. The van der Waals surface area contributed by atoms with E-state index in [2.05, 4.69) is 48.1 Å². The van der Waals surface area contributed by atoms with Gasteiger partial charge < -0.3 is 5.32 Å². The number of nitrogens with one attached hydrogen (secondary N) is 1. The fraction of sp³-hybridized carbons (Fsp3) is 0.562. The zero-order valence-corrected chi connectivity index (χ0v) is 13.7. The van der Waals surface area contributed by atoms with E-state index in [9.17, 15) is 5.26 Å². The van der Waals surface area contributed by atoms with E-state index in [0.717, 1.165) is 16.7 Å². The number of halogens is 1. The van der Waals surface area contributed by atoms with E-state index in [1.807, 2.05) is 18.2 Å². The number of benzene rings is 1. The Labute approximate surface area is 125 Å².